The number of rotatable bonds is 3. The van der Waals surface area contributed by atoms with Crippen molar-refractivity contribution in [2.75, 3.05) is 19.8 Å². The zero-order chi connectivity index (χ0) is 12.2. The average Bonchev–Trinajstić information content (AvgIpc) is 2.46. The Morgan fingerprint density at radius 1 is 1.17 bits per heavy atom. The molecule has 0 N–H and O–H groups in total. The lowest BCUT2D eigenvalue weighted by atomic mass is 10.0. The molecule has 18 heavy (non-hydrogen) atoms. The van der Waals surface area contributed by atoms with Crippen LogP contribution in [0.5, 0.6) is 5.88 Å². The van der Waals surface area contributed by atoms with Gasteiger partial charge in [-0.3, -0.25) is 0 Å². The third-order valence-corrected chi connectivity index (χ3v) is 3.43. The molecule has 0 amide bonds. The van der Waals surface area contributed by atoms with Gasteiger partial charge in [0.25, 0.3) is 0 Å². The second-order valence-electron chi connectivity index (χ2n) is 4.70. The van der Waals surface area contributed by atoms with Crippen LogP contribution in [0.2, 0.25) is 0 Å². The monoisotopic (exact) mass is 243 g/mol. The molecule has 0 spiro atoms. The summed E-state index contributed by atoms with van der Waals surface area (Å²) in [6.45, 7) is 2.46. The molecule has 0 unspecified atom stereocenters. The first-order valence-corrected chi connectivity index (χ1v) is 6.48. The molecule has 1 saturated heterocycles. The molecule has 0 saturated carbocycles. The van der Waals surface area contributed by atoms with Crippen LogP contribution in [0.4, 0.5) is 0 Å². The number of hydrogen-bond donors (Lipinski definition) is 0. The van der Waals surface area contributed by atoms with Crippen LogP contribution in [0.1, 0.15) is 12.8 Å². The van der Waals surface area contributed by atoms with Crippen LogP contribution in [-0.4, -0.2) is 24.8 Å². The molecule has 3 heteroatoms. The van der Waals surface area contributed by atoms with Crippen LogP contribution < -0.4 is 4.74 Å². The first-order chi connectivity index (χ1) is 8.93. The fraction of sp³-hybridized carbons (Fsp3) is 0.400. The van der Waals surface area contributed by atoms with E-state index in [1.807, 2.05) is 24.4 Å². The van der Waals surface area contributed by atoms with Gasteiger partial charge < -0.3 is 9.47 Å². The minimum absolute atomic E-state index is 0.597. The highest BCUT2D eigenvalue weighted by Crippen LogP contribution is 2.24. The smallest absolute Gasteiger partial charge is 0.221 e. The average molecular weight is 243 g/mol. The summed E-state index contributed by atoms with van der Waals surface area (Å²) in [6, 6.07) is 10.2. The Labute approximate surface area is 107 Å². The van der Waals surface area contributed by atoms with Gasteiger partial charge in [-0.2, -0.15) is 0 Å². The molecule has 1 aliphatic rings. The van der Waals surface area contributed by atoms with Gasteiger partial charge in [-0.25, -0.2) is 4.98 Å². The van der Waals surface area contributed by atoms with Crippen LogP contribution in [-0.2, 0) is 4.74 Å². The molecule has 0 atom stereocenters. The maximum Gasteiger partial charge on any atom is 0.221 e. The minimum atomic E-state index is 0.597. The van der Waals surface area contributed by atoms with Crippen LogP contribution in [0.3, 0.4) is 0 Å². The van der Waals surface area contributed by atoms with E-state index in [0.29, 0.717) is 5.92 Å². The molecule has 0 aliphatic carbocycles. The summed E-state index contributed by atoms with van der Waals surface area (Å²) in [7, 11) is 0. The van der Waals surface area contributed by atoms with Gasteiger partial charge in [0.15, 0.2) is 0 Å². The highest BCUT2D eigenvalue weighted by Gasteiger charge is 2.15. The van der Waals surface area contributed by atoms with Crippen molar-refractivity contribution in [3.05, 3.63) is 36.5 Å². The van der Waals surface area contributed by atoms with Crippen LogP contribution in [0, 0.1) is 5.92 Å². The van der Waals surface area contributed by atoms with Gasteiger partial charge in [-0.1, -0.05) is 18.2 Å². The van der Waals surface area contributed by atoms with Crippen LogP contribution >= 0.6 is 0 Å². The molecule has 3 rings (SSSR count). The Balaban J connectivity index is 1.74. The van der Waals surface area contributed by atoms with E-state index < -0.39 is 0 Å². The SMILES string of the molecule is c1ccc2c(OCC3CCOCC3)nccc2c1. The predicted octanol–water partition coefficient (Wildman–Crippen LogP) is 3.04. The van der Waals surface area contributed by atoms with Crippen molar-refractivity contribution in [2.24, 2.45) is 5.92 Å². The van der Waals surface area contributed by atoms with Crippen molar-refractivity contribution in [3.8, 4) is 5.88 Å². The van der Waals surface area contributed by atoms with Gasteiger partial charge in [0.2, 0.25) is 5.88 Å². The van der Waals surface area contributed by atoms with E-state index >= 15 is 0 Å². The summed E-state index contributed by atoms with van der Waals surface area (Å²) in [6.07, 6.45) is 3.98. The van der Waals surface area contributed by atoms with Gasteiger partial charge >= 0.3 is 0 Å². The lowest BCUT2D eigenvalue weighted by molar-refractivity contribution is 0.0493. The molecule has 2 aromatic rings. The van der Waals surface area contributed by atoms with E-state index in [4.69, 9.17) is 9.47 Å². The Bertz CT molecular complexity index is 515. The number of pyridine rings is 1. The van der Waals surface area contributed by atoms with E-state index in [9.17, 15) is 0 Å². The second-order valence-corrected chi connectivity index (χ2v) is 4.70. The summed E-state index contributed by atoms with van der Waals surface area (Å²) in [5, 5.41) is 2.27. The lowest BCUT2D eigenvalue weighted by Crippen LogP contribution is -2.21. The zero-order valence-electron chi connectivity index (χ0n) is 10.3. The highest BCUT2D eigenvalue weighted by molar-refractivity contribution is 5.86. The quantitative estimate of drug-likeness (QED) is 0.830. The van der Waals surface area contributed by atoms with E-state index in [-0.39, 0.29) is 0 Å². The standard InChI is InChI=1S/C15H17NO2/c1-2-4-14-13(3-1)5-8-16-15(14)18-11-12-6-9-17-10-7-12/h1-5,8,12H,6-7,9-11H2. The van der Waals surface area contributed by atoms with Crippen molar-refractivity contribution in [1.82, 2.24) is 4.98 Å². The number of aromatic nitrogens is 1. The molecule has 94 valence electrons. The molecule has 1 aromatic heterocycles. The van der Waals surface area contributed by atoms with E-state index in [1.54, 1.807) is 0 Å². The van der Waals surface area contributed by atoms with Crippen molar-refractivity contribution in [3.63, 3.8) is 0 Å². The van der Waals surface area contributed by atoms with Crippen molar-refractivity contribution in [1.29, 1.82) is 0 Å². The summed E-state index contributed by atoms with van der Waals surface area (Å²) >= 11 is 0. The zero-order valence-corrected chi connectivity index (χ0v) is 10.3. The van der Waals surface area contributed by atoms with Crippen molar-refractivity contribution < 1.29 is 9.47 Å². The maximum absolute atomic E-state index is 5.89. The predicted molar refractivity (Wildman–Crippen MR) is 70.8 cm³/mol. The summed E-state index contributed by atoms with van der Waals surface area (Å²) in [4.78, 5) is 4.34. The van der Waals surface area contributed by atoms with E-state index in [0.717, 1.165) is 43.9 Å². The Hall–Kier alpha value is -1.61. The molecule has 1 aromatic carbocycles. The summed E-state index contributed by atoms with van der Waals surface area (Å²) in [5.74, 6) is 1.35. The molecular formula is C15H17NO2. The highest BCUT2D eigenvalue weighted by atomic mass is 16.5. The number of benzene rings is 1. The van der Waals surface area contributed by atoms with Crippen LogP contribution in [0.15, 0.2) is 36.5 Å². The van der Waals surface area contributed by atoms with Gasteiger partial charge in [0.05, 0.1) is 6.61 Å². The Morgan fingerprint density at radius 2 is 2.00 bits per heavy atom. The Kier molecular flexibility index (Phi) is 3.42. The number of ether oxygens (including phenoxy) is 2. The fourth-order valence-corrected chi connectivity index (χ4v) is 2.32. The van der Waals surface area contributed by atoms with Crippen LogP contribution in [0.25, 0.3) is 10.8 Å². The van der Waals surface area contributed by atoms with E-state index in [1.165, 1.54) is 5.39 Å². The normalized spacial score (nSPS) is 16.9. The van der Waals surface area contributed by atoms with E-state index in [2.05, 4.69) is 17.1 Å². The van der Waals surface area contributed by atoms with Gasteiger partial charge in [0, 0.05) is 24.8 Å². The molecule has 3 nitrogen and oxygen atoms in total. The maximum atomic E-state index is 5.89. The third kappa shape index (κ3) is 2.46. The molecule has 1 aliphatic heterocycles. The van der Waals surface area contributed by atoms with Gasteiger partial charge in [0.1, 0.15) is 0 Å². The summed E-state index contributed by atoms with van der Waals surface area (Å²) in [5.41, 5.74) is 0. The first-order valence-electron chi connectivity index (χ1n) is 6.48. The van der Waals surface area contributed by atoms with Crippen molar-refractivity contribution in [2.45, 2.75) is 12.8 Å². The molecular weight excluding hydrogens is 226 g/mol. The second kappa shape index (κ2) is 5.36. The largest absolute Gasteiger partial charge is 0.477 e. The number of nitrogens with zero attached hydrogens (tertiary/aromatic N) is 1. The fourth-order valence-electron chi connectivity index (χ4n) is 2.32. The van der Waals surface area contributed by atoms with Gasteiger partial charge in [-0.05, 0) is 36.3 Å². The molecule has 1 fully saturated rings. The lowest BCUT2D eigenvalue weighted by Gasteiger charge is -2.22. The number of hydrogen-bond acceptors (Lipinski definition) is 3. The molecule has 2 heterocycles. The van der Waals surface area contributed by atoms with Gasteiger partial charge in [-0.15, -0.1) is 0 Å². The first kappa shape index (κ1) is 11.5. The Morgan fingerprint density at radius 3 is 2.89 bits per heavy atom. The molecule has 0 bridgehead atoms. The molecule has 0 radical (unpaired) electrons. The minimum Gasteiger partial charge on any atom is -0.477 e. The third-order valence-electron chi connectivity index (χ3n) is 3.43. The summed E-state index contributed by atoms with van der Waals surface area (Å²) < 4.78 is 11.2. The topological polar surface area (TPSA) is 31.4 Å². The van der Waals surface area contributed by atoms with Crippen molar-refractivity contribution >= 4 is 10.8 Å². The number of fused-ring (bicyclic) bond motifs is 1.